The number of hydrogen-bond donors (Lipinski definition) is 5. The van der Waals surface area contributed by atoms with E-state index in [-0.39, 0.29) is 37.3 Å². The van der Waals surface area contributed by atoms with Crippen molar-refractivity contribution in [1.29, 1.82) is 0 Å². The number of cyclic esters (lactones) is 1. The average molecular weight is 1200 g/mol. The van der Waals surface area contributed by atoms with E-state index >= 15 is 0 Å². The molecule has 2 saturated carbocycles. The number of unbranched alkanes of at least 4 members (excludes halogenated alkanes) is 3. The lowest BCUT2D eigenvalue weighted by atomic mass is 9.68. The Morgan fingerprint density at radius 1 is 0.750 bits per heavy atom. The number of hydrogen-bond acceptors (Lipinski definition) is 14. The van der Waals surface area contributed by atoms with Gasteiger partial charge in [0, 0.05) is 69.0 Å². The fourth-order valence-electron chi connectivity index (χ4n) is 16.9. The lowest BCUT2D eigenvalue weighted by molar-refractivity contribution is -0.302. The van der Waals surface area contributed by atoms with Crippen LogP contribution in [0.4, 0.5) is 5.69 Å². The van der Waals surface area contributed by atoms with Gasteiger partial charge in [0.15, 0.2) is 6.29 Å². The fourth-order valence-corrected chi connectivity index (χ4v) is 23.6. The molecule has 2 aromatic rings. The van der Waals surface area contributed by atoms with Crippen molar-refractivity contribution < 1.29 is 54.0 Å². The van der Waals surface area contributed by atoms with Crippen LogP contribution in [-0.4, -0.2) is 191 Å². The molecule has 18 atom stereocenters. The van der Waals surface area contributed by atoms with E-state index in [0.29, 0.717) is 19.5 Å². The number of likely N-dealkylation sites (N-methyl/N-ethyl adjacent to an activating group) is 1. The molecule has 1 unspecified atom stereocenters. The number of methoxy groups -OCH3 is 1. The first-order valence-corrected chi connectivity index (χ1v) is 35.2. The Morgan fingerprint density at radius 2 is 1.35 bits per heavy atom. The van der Waals surface area contributed by atoms with Gasteiger partial charge in [0.2, 0.25) is 0 Å². The lowest BCUT2D eigenvalue weighted by Crippen LogP contribution is -2.61. The molecule has 0 amide bonds. The van der Waals surface area contributed by atoms with Crippen LogP contribution >= 0.6 is 7.26 Å². The third kappa shape index (κ3) is 15.5. The Labute approximate surface area is 508 Å². The van der Waals surface area contributed by atoms with Crippen molar-refractivity contribution in [1.82, 2.24) is 9.80 Å². The number of carbonyl (C=O) groups excluding carboxylic acids is 1. The number of para-hydroxylation sites is 1. The third-order valence-corrected chi connectivity index (χ3v) is 27.6. The first-order valence-electron chi connectivity index (χ1n) is 33.1. The highest BCUT2D eigenvalue weighted by Crippen LogP contribution is 2.72. The highest BCUT2D eigenvalue weighted by molar-refractivity contribution is 7.84. The molecule has 0 radical (unpaired) electrons. The van der Waals surface area contributed by atoms with Crippen LogP contribution in [0.2, 0.25) is 0 Å². The van der Waals surface area contributed by atoms with Gasteiger partial charge in [-0.3, -0.25) is 9.69 Å². The van der Waals surface area contributed by atoms with E-state index < -0.39 is 103 Å². The number of ether oxygens (including phenoxy) is 5. The minimum absolute atomic E-state index is 0.156. The van der Waals surface area contributed by atoms with Gasteiger partial charge in [0.05, 0.1) is 66.3 Å². The average Bonchev–Trinajstić information content (AvgIpc) is 1.20. The summed E-state index contributed by atoms with van der Waals surface area (Å²) in [5, 5.41) is 63.5. The van der Waals surface area contributed by atoms with Gasteiger partial charge >= 0.3 is 5.97 Å². The van der Waals surface area contributed by atoms with Crippen LogP contribution < -0.4 is 10.2 Å². The van der Waals surface area contributed by atoms with E-state index in [2.05, 4.69) is 79.3 Å². The Balaban J connectivity index is 1.20. The predicted octanol–water partition coefficient (Wildman–Crippen LogP) is 10.8. The van der Waals surface area contributed by atoms with Crippen LogP contribution in [0.15, 0.2) is 48.5 Å². The van der Waals surface area contributed by atoms with Gasteiger partial charge in [-0.25, -0.2) is 0 Å². The molecule has 3 aliphatic heterocycles. The summed E-state index contributed by atoms with van der Waals surface area (Å²) in [5.41, 5.74) is 1.12. The number of aliphatic hydroxyl groups excluding tert-OH is 3. The van der Waals surface area contributed by atoms with Crippen molar-refractivity contribution in [3.8, 4) is 11.1 Å². The molecule has 478 valence electrons. The molecule has 7 rings (SSSR count). The maximum Gasteiger partial charge on any atom is 0.309 e. The molecule has 84 heavy (non-hydrogen) atoms. The second-order valence-corrected chi connectivity index (χ2v) is 32.6. The van der Waals surface area contributed by atoms with Crippen molar-refractivity contribution in [2.45, 2.75) is 280 Å². The van der Waals surface area contributed by atoms with Gasteiger partial charge in [-0.05, 0) is 176 Å². The molecule has 0 spiro atoms. The van der Waals surface area contributed by atoms with E-state index in [1.54, 1.807) is 40.1 Å². The number of rotatable bonds is 18. The van der Waals surface area contributed by atoms with Gasteiger partial charge in [-0.2, -0.15) is 0 Å². The number of aliphatic hydroxyl groups is 5. The summed E-state index contributed by atoms with van der Waals surface area (Å²) in [5.74, 6) is -2.98. The maximum atomic E-state index is 15.0. The molecule has 0 bridgehead atoms. The maximum absolute atomic E-state index is 15.0. The molecule has 2 aromatic carbocycles. The quantitative estimate of drug-likeness (QED) is 0.0542. The highest BCUT2D eigenvalue weighted by atomic mass is 31.2. The van der Waals surface area contributed by atoms with Crippen LogP contribution in [0, 0.1) is 23.7 Å². The van der Waals surface area contributed by atoms with E-state index in [4.69, 9.17) is 23.7 Å². The zero-order valence-electron chi connectivity index (χ0n) is 54.8. The molecule has 15 heteroatoms. The Kier molecular flexibility index (Phi) is 24.7. The van der Waals surface area contributed by atoms with Crippen LogP contribution in [0.1, 0.15) is 185 Å². The Hall–Kier alpha value is -2.30. The first-order chi connectivity index (χ1) is 39.7. The number of benzene rings is 2. The van der Waals surface area contributed by atoms with E-state index in [1.807, 2.05) is 53.6 Å². The number of nitrogens with zero attached hydrogens (tertiary/aromatic N) is 3. The summed E-state index contributed by atoms with van der Waals surface area (Å²) in [6.45, 7) is 19.9. The van der Waals surface area contributed by atoms with Gasteiger partial charge < -0.3 is 59.0 Å². The standard InChI is InChI=1S/C69H117N3O11P/c1-16-59-69(10,78)62(74)49(6)72(39-29-17-18-30-40-84(51-31-21-19-22-32-51,52-33-23-20-24-34-52)58-38-28-26-36-54(58)53-35-25-27-37-55(53)70(11)12)44-45(2)42-67(8,77)64(83-66-61(73)56(71(13)14)41-46(3)80-66)47(4)60(48(5)65(76)82-59)57-43-68(9,79-15)63(75)50(7)81-57/h25-28,35-38,45-52,56-57,59-64,66,73-75,77-78H,16-24,29-34,39-44H2,1-15H3/q+1/t45-,46-,47+,48-,49-,50+,56+,57?,59-,60+,61-,62-,63+,64-,66+,67-,68-,69-/m1/s1. The number of esters is 1. The fraction of sp³-hybridized carbons (Fsp3) is 0.812. The molecular formula is C69H117N3O11P+. The molecular weight excluding hydrogens is 1080 g/mol. The van der Waals surface area contributed by atoms with Crippen LogP contribution in [-0.2, 0) is 28.5 Å². The normalized spacial score (nSPS) is 38.0. The topological polar surface area (TPSA) is 174 Å². The Bertz CT molecular complexity index is 2330. The molecule has 0 aromatic heterocycles. The number of anilines is 1. The lowest BCUT2D eigenvalue weighted by Gasteiger charge is -2.51. The van der Waals surface area contributed by atoms with Gasteiger partial charge in [0.25, 0.3) is 0 Å². The SMILES string of the molecule is CC[C@H]1OC(=O)[C@H](C)[C@@H](C2C[C@@](C)(OC)[C@@H](O)[C@H](C)O2)[C@H](C)[C@@H](O[C@@H]2O[C@H](C)C[C@H](N(C)C)[C@H]2O)[C@](C)(O)C[C@@H](C)CN(CCCCCC[P+](c2ccccc2-c2ccccc2N(C)C)(C2CCCCC2)C2CCCCC2)[C@H](C)[C@@H](O)[C@]1(C)O. The minimum atomic E-state index is -1.83. The van der Waals surface area contributed by atoms with Crippen molar-refractivity contribution >= 4 is 24.2 Å². The zero-order valence-corrected chi connectivity index (χ0v) is 55.7. The summed E-state index contributed by atoms with van der Waals surface area (Å²) in [4.78, 5) is 21.5. The molecule has 14 nitrogen and oxygen atoms in total. The minimum Gasteiger partial charge on any atom is -0.459 e. The van der Waals surface area contributed by atoms with Crippen molar-refractivity contribution in [2.75, 3.05) is 59.5 Å². The summed E-state index contributed by atoms with van der Waals surface area (Å²) >= 11 is 0. The summed E-state index contributed by atoms with van der Waals surface area (Å²) in [6.07, 6.45) is 12.0. The van der Waals surface area contributed by atoms with E-state index in [0.717, 1.165) is 30.6 Å². The monoisotopic (exact) mass is 1190 g/mol. The summed E-state index contributed by atoms with van der Waals surface area (Å²) < 4.78 is 32.7. The molecule has 5 aliphatic rings. The van der Waals surface area contributed by atoms with Crippen LogP contribution in [0.3, 0.4) is 0 Å². The third-order valence-electron chi connectivity index (χ3n) is 21.6. The van der Waals surface area contributed by atoms with E-state index in [9.17, 15) is 30.3 Å². The second kappa shape index (κ2) is 30.0. The van der Waals surface area contributed by atoms with Gasteiger partial charge in [0.1, 0.15) is 35.3 Å². The smallest absolute Gasteiger partial charge is 0.309 e. The van der Waals surface area contributed by atoms with Crippen molar-refractivity contribution in [2.24, 2.45) is 23.7 Å². The van der Waals surface area contributed by atoms with Crippen LogP contribution in [0.25, 0.3) is 11.1 Å². The van der Waals surface area contributed by atoms with Gasteiger partial charge in [-0.15, -0.1) is 0 Å². The zero-order chi connectivity index (χ0) is 61.5. The predicted molar refractivity (Wildman–Crippen MR) is 342 cm³/mol. The second-order valence-electron chi connectivity index (χ2n) is 28.4. The molecule has 3 heterocycles. The Morgan fingerprint density at radius 3 is 1.94 bits per heavy atom. The largest absolute Gasteiger partial charge is 0.459 e. The van der Waals surface area contributed by atoms with Gasteiger partial charge in [-0.1, -0.05) is 83.4 Å². The van der Waals surface area contributed by atoms with Crippen LogP contribution in [0.5, 0.6) is 0 Å². The van der Waals surface area contributed by atoms with Crippen molar-refractivity contribution in [3.05, 3.63) is 48.5 Å². The molecule has 5 N–H and O–H groups in total. The summed E-state index contributed by atoms with van der Waals surface area (Å²) in [6, 6.07) is 17.8. The molecule has 3 saturated heterocycles. The molecule has 2 aliphatic carbocycles. The number of carbonyl (C=O) groups is 1. The summed E-state index contributed by atoms with van der Waals surface area (Å²) in [7, 11) is 8.07. The molecule has 5 fully saturated rings. The van der Waals surface area contributed by atoms with E-state index in [1.165, 1.54) is 93.6 Å². The highest BCUT2D eigenvalue weighted by Gasteiger charge is 2.57. The first kappa shape index (κ1) is 69.2. The van der Waals surface area contributed by atoms with Crippen molar-refractivity contribution in [3.63, 3.8) is 0 Å².